The maximum absolute atomic E-state index is 13.9. The van der Waals surface area contributed by atoms with Crippen molar-refractivity contribution in [1.82, 2.24) is 24.3 Å². The number of aromatic nitrogens is 3. The van der Waals surface area contributed by atoms with Crippen molar-refractivity contribution >= 4 is 22.8 Å². The Morgan fingerprint density at radius 3 is 2.43 bits per heavy atom. The van der Waals surface area contributed by atoms with Gasteiger partial charge in [-0.3, -0.25) is 14.6 Å². The average Bonchev–Trinajstić information content (AvgIpc) is 3.29. The van der Waals surface area contributed by atoms with Crippen LogP contribution in [0.5, 0.6) is 0 Å². The zero-order valence-electron chi connectivity index (χ0n) is 21.3. The standard InChI is InChI=1S/C30H33N5O2/c1-33(30(37)24-13-10-18-31-19-24)21-28-32-26-16-8-9-17-27(26)35(28)22-29(36)34(25-14-6-3-7-15-25)20-23-11-4-2-5-12-23/h2,4-5,8-13,16-19,25H,3,6-7,14-15,20-22H2,1H3. The molecule has 2 heterocycles. The van der Waals surface area contributed by atoms with Crippen LogP contribution in [0.15, 0.2) is 79.1 Å². The van der Waals surface area contributed by atoms with E-state index in [0.717, 1.165) is 42.3 Å². The van der Waals surface area contributed by atoms with Gasteiger partial charge in [0.05, 0.1) is 23.1 Å². The monoisotopic (exact) mass is 495 g/mol. The molecule has 2 aromatic heterocycles. The Labute approximate surface area is 217 Å². The van der Waals surface area contributed by atoms with E-state index in [1.807, 2.05) is 47.0 Å². The maximum Gasteiger partial charge on any atom is 0.255 e. The fourth-order valence-electron chi connectivity index (χ4n) is 5.24. The van der Waals surface area contributed by atoms with Crippen LogP contribution in [0.3, 0.4) is 0 Å². The van der Waals surface area contributed by atoms with Gasteiger partial charge in [0.1, 0.15) is 12.4 Å². The topological polar surface area (TPSA) is 71.3 Å². The molecule has 5 rings (SSSR count). The number of carbonyl (C=O) groups excluding carboxylic acids is 2. The average molecular weight is 496 g/mol. The number of benzene rings is 2. The Balaban J connectivity index is 1.42. The summed E-state index contributed by atoms with van der Waals surface area (Å²) in [6, 6.07) is 21.8. The molecule has 2 aromatic carbocycles. The number of hydrogen-bond donors (Lipinski definition) is 0. The van der Waals surface area contributed by atoms with Gasteiger partial charge in [0.25, 0.3) is 5.91 Å². The Kier molecular flexibility index (Phi) is 7.59. The smallest absolute Gasteiger partial charge is 0.255 e. The summed E-state index contributed by atoms with van der Waals surface area (Å²) in [6.07, 6.45) is 8.84. The van der Waals surface area contributed by atoms with E-state index in [2.05, 4.69) is 22.0 Å². The first kappa shape index (κ1) is 24.7. The lowest BCUT2D eigenvalue weighted by atomic mass is 9.93. The molecular weight excluding hydrogens is 462 g/mol. The van der Waals surface area contributed by atoms with Crippen LogP contribution in [0.25, 0.3) is 11.0 Å². The van der Waals surface area contributed by atoms with Crippen molar-refractivity contribution in [3.05, 3.63) is 96.1 Å². The van der Waals surface area contributed by atoms with Crippen molar-refractivity contribution in [2.45, 2.75) is 57.8 Å². The summed E-state index contributed by atoms with van der Waals surface area (Å²) in [5, 5.41) is 0. The Morgan fingerprint density at radius 2 is 1.68 bits per heavy atom. The van der Waals surface area contributed by atoms with Crippen LogP contribution in [0.2, 0.25) is 0 Å². The van der Waals surface area contributed by atoms with Gasteiger partial charge in [0.15, 0.2) is 0 Å². The summed E-state index contributed by atoms with van der Waals surface area (Å²) >= 11 is 0. The van der Waals surface area contributed by atoms with E-state index in [-0.39, 0.29) is 30.9 Å². The second-order valence-electron chi connectivity index (χ2n) is 9.80. The van der Waals surface area contributed by atoms with E-state index in [4.69, 9.17) is 4.98 Å². The molecule has 7 nitrogen and oxygen atoms in total. The molecule has 1 aliphatic rings. The Bertz CT molecular complexity index is 1350. The first-order chi connectivity index (χ1) is 18.1. The fourth-order valence-corrected chi connectivity index (χ4v) is 5.24. The quantitative estimate of drug-likeness (QED) is 0.342. The SMILES string of the molecule is CN(Cc1nc2ccccc2n1CC(=O)N(Cc1ccccc1)C1CCCCC1)C(=O)c1cccnc1. The van der Waals surface area contributed by atoms with Gasteiger partial charge in [-0.05, 0) is 42.7 Å². The van der Waals surface area contributed by atoms with Crippen LogP contribution in [-0.2, 0) is 24.4 Å². The minimum absolute atomic E-state index is 0.0846. The Morgan fingerprint density at radius 1 is 0.919 bits per heavy atom. The molecule has 1 saturated carbocycles. The van der Waals surface area contributed by atoms with Crippen LogP contribution in [0.1, 0.15) is 53.8 Å². The zero-order chi connectivity index (χ0) is 25.6. The molecule has 2 amide bonds. The molecule has 0 radical (unpaired) electrons. The van der Waals surface area contributed by atoms with E-state index < -0.39 is 0 Å². The third-order valence-electron chi connectivity index (χ3n) is 7.19. The molecule has 1 fully saturated rings. The van der Waals surface area contributed by atoms with Gasteiger partial charge in [-0.1, -0.05) is 61.7 Å². The highest BCUT2D eigenvalue weighted by atomic mass is 16.2. The van der Waals surface area contributed by atoms with Crippen LogP contribution in [0, 0.1) is 0 Å². The fraction of sp³-hybridized carbons (Fsp3) is 0.333. The van der Waals surface area contributed by atoms with Crippen molar-refractivity contribution in [2.24, 2.45) is 0 Å². The van der Waals surface area contributed by atoms with Crippen LogP contribution < -0.4 is 0 Å². The number of rotatable bonds is 8. The molecule has 1 aliphatic carbocycles. The number of pyridine rings is 1. The first-order valence-corrected chi connectivity index (χ1v) is 13.0. The predicted octanol–water partition coefficient (Wildman–Crippen LogP) is 5.07. The molecule has 0 atom stereocenters. The van der Waals surface area contributed by atoms with Crippen molar-refractivity contribution < 1.29 is 9.59 Å². The molecule has 0 unspecified atom stereocenters. The number of hydrogen-bond acceptors (Lipinski definition) is 4. The zero-order valence-corrected chi connectivity index (χ0v) is 21.3. The summed E-state index contributed by atoms with van der Waals surface area (Å²) < 4.78 is 1.98. The number of nitrogens with zero attached hydrogens (tertiary/aromatic N) is 5. The summed E-state index contributed by atoms with van der Waals surface area (Å²) in [6.45, 7) is 1.08. The van der Waals surface area contributed by atoms with Gasteiger partial charge in [-0.2, -0.15) is 0 Å². The molecule has 4 aromatic rings. The molecular formula is C30H33N5O2. The molecule has 0 spiro atoms. The number of imidazole rings is 1. The number of carbonyl (C=O) groups is 2. The van der Waals surface area contributed by atoms with Crippen molar-refractivity contribution in [3.8, 4) is 0 Å². The highest BCUT2D eigenvalue weighted by Gasteiger charge is 2.27. The van der Waals surface area contributed by atoms with E-state index in [0.29, 0.717) is 17.9 Å². The first-order valence-electron chi connectivity index (χ1n) is 13.0. The number of para-hydroxylation sites is 2. The molecule has 37 heavy (non-hydrogen) atoms. The third-order valence-corrected chi connectivity index (χ3v) is 7.19. The second-order valence-corrected chi connectivity index (χ2v) is 9.80. The van der Waals surface area contributed by atoms with E-state index in [9.17, 15) is 9.59 Å². The Hall–Kier alpha value is -4.00. The molecule has 7 heteroatoms. The van der Waals surface area contributed by atoms with Gasteiger partial charge in [0.2, 0.25) is 5.91 Å². The van der Waals surface area contributed by atoms with Crippen molar-refractivity contribution in [3.63, 3.8) is 0 Å². The van der Waals surface area contributed by atoms with Crippen molar-refractivity contribution in [2.75, 3.05) is 7.05 Å². The summed E-state index contributed by atoms with van der Waals surface area (Å²) in [5.74, 6) is 0.643. The molecule has 0 aliphatic heterocycles. The van der Waals surface area contributed by atoms with Gasteiger partial charge >= 0.3 is 0 Å². The largest absolute Gasteiger partial charge is 0.334 e. The highest BCUT2D eigenvalue weighted by Crippen LogP contribution is 2.26. The minimum Gasteiger partial charge on any atom is -0.334 e. The summed E-state index contributed by atoms with van der Waals surface area (Å²) in [7, 11) is 1.75. The van der Waals surface area contributed by atoms with Gasteiger partial charge in [-0.15, -0.1) is 0 Å². The lowest BCUT2D eigenvalue weighted by Crippen LogP contribution is -2.42. The van der Waals surface area contributed by atoms with Gasteiger partial charge in [-0.25, -0.2) is 4.98 Å². The van der Waals surface area contributed by atoms with E-state index in [1.54, 1.807) is 36.5 Å². The lowest BCUT2D eigenvalue weighted by Gasteiger charge is -2.35. The highest BCUT2D eigenvalue weighted by molar-refractivity contribution is 5.93. The van der Waals surface area contributed by atoms with Gasteiger partial charge in [0, 0.05) is 32.0 Å². The van der Waals surface area contributed by atoms with Crippen LogP contribution in [0.4, 0.5) is 0 Å². The molecule has 0 saturated heterocycles. The lowest BCUT2D eigenvalue weighted by molar-refractivity contribution is -0.135. The molecule has 190 valence electrons. The van der Waals surface area contributed by atoms with Gasteiger partial charge < -0.3 is 14.4 Å². The maximum atomic E-state index is 13.9. The molecule has 0 N–H and O–H groups in total. The third kappa shape index (κ3) is 5.71. The van der Waals surface area contributed by atoms with Crippen molar-refractivity contribution in [1.29, 1.82) is 0 Å². The van der Waals surface area contributed by atoms with E-state index >= 15 is 0 Å². The summed E-state index contributed by atoms with van der Waals surface area (Å²) in [4.78, 5) is 39.5. The van der Waals surface area contributed by atoms with Crippen LogP contribution >= 0.6 is 0 Å². The number of amides is 2. The second kappa shape index (κ2) is 11.4. The predicted molar refractivity (Wildman–Crippen MR) is 144 cm³/mol. The normalized spacial score (nSPS) is 14.0. The summed E-state index contributed by atoms with van der Waals surface area (Å²) in [5.41, 5.74) is 3.38. The van der Waals surface area contributed by atoms with Crippen LogP contribution in [-0.4, -0.2) is 49.2 Å². The number of fused-ring (bicyclic) bond motifs is 1. The van der Waals surface area contributed by atoms with E-state index in [1.165, 1.54) is 6.42 Å². The minimum atomic E-state index is -0.133. The molecule has 0 bridgehead atoms.